The summed E-state index contributed by atoms with van der Waals surface area (Å²) >= 11 is 0. The van der Waals surface area contributed by atoms with Crippen molar-refractivity contribution in [3.05, 3.63) is 65.4 Å². The van der Waals surface area contributed by atoms with Crippen LogP contribution in [-0.2, 0) is 4.79 Å². The standard InChI is InChI=1S/C19H19NO3/c1-22-15-7-3-13(4-8-15)19(17-11-12-18(21)20-17)14-5-9-16(23-2)10-6-14/h3-10H,11-12H2,1-2H3,(H,20,21). The first-order valence-corrected chi connectivity index (χ1v) is 7.53. The van der Waals surface area contributed by atoms with E-state index in [1.807, 2.05) is 48.5 Å². The lowest BCUT2D eigenvalue weighted by molar-refractivity contribution is -0.118. The minimum Gasteiger partial charge on any atom is -0.497 e. The van der Waals surface area contributed by atoms with Crippen LogP contribution in [0.2, 0.25) is 0 Å². The lowest BCUT2D eigenvalue weighted by Crippen LogP contribution is -2.13. The second-order valence-electron chi connectivity index (χ2n) is 5.36. The number of rotatable bonds is 4. The van der Waals surface area contributed by atoms with Gasteiger partial charge in [-0.1, -0.05) is 24.3 Å². The molecule has 0 atom stereocenters. The highest BCUT2D eigenvalue weighted by Gasteiger charge is 2.20. The van der Waals surface area contributed by atoms with Crippen LogP contribution in [0.25, 0.3) is 5.57 Å². The van der Waals surface area contributed by atoms with Crippen molar-refractivity contribution in [1.82, 2.24) is 5.32 Å². The number of amides is 1. The third kappa shape index (κ3) is 3.21. The Balaban J connectivity index is 2.07. The molecule has 0 saturated carbocycles. The average molecular weight is 309 g/mol. The van der Waals surface area contributed by atoms with Gasteiger partial charge in [0.1, 0.15) is 11.5 Å². The van der Waals surface area contributed by atoms with Crippen molar-refractivity contribution in [2.75, 3.05) is 14.2 Å². The van der Waals surface area contributed by atoms with E-state index in [1.165, 1.54) is 0 Å². The maximum atomic E-state index is 11.6. The van der Waals surface area contributed by atoms with Gasteiger partial charge in [-0.3, -0.25) is 4.79 Å². The molecule has 1 amide bonds. The summed E-state index contributed by atoms with van der Waals surface area (Å²) in [7, 11) is 3.30. The van der Waals surface area contributed by atoms with Gasteiger partial charge in [-0.2, -0.15) is 0 Å². The summed E-state index contributed by atoms with van der Waals surface area (Å²) in [4.78, 5) is 11.6. The van der Waals surface area contributed by atoms with Gasteiger partial charge in [0.15, 0.2) is 0 Å². The molecule has 0 aliphatic carbocycles. The first-order chi connectivity index (χ1) is 11.2. The molecule has 4 heteroatoms. The zero-order chi connectivity index (χ0) is 16.2. The molecule has 1 heterocycles. The molecule has 0 radical (unpaired) electrons. The quantitative estimate of drug-likeness (QED) is 0.942. The van der Waals surface area contributed by atoms with Crippen LogP contribution in [0.3, 0.4) is 0 Å². The van der Waals surface area contributed by atoms with Crippen molar-refractivity contribution in [2.24, 2.45) is 0 Å². The van der Waals surface area contributed by atoms with Gasteiger partial charge in [0.25, 0.3) is 0 Å². The van der Waals surface area contributed by atoms with Crippen molar-refractivity contribution < 1.29 is 14.3 Å². The van der Waals surface area contributed by atoms with Gasteiger partial charge in [-0.25, -0.2) is 0 Å². The number of benzene rings is 2. The normalized spacial score (nSPS) is 13.7. The number of hydrogen-bond donors (Lipinski definition) is 1. The second kappa shape index (κ2) is 6.57. The lowest BCUT2D eigenvalue weighted by atomic mass is 9.95. The Bertz CT molecular complexity index is 681. The number of ether oxygens (including phenoxy) is 2. The molecule has 2 aromatic rings. The van der Waals surface area contributed by atoms with Crippen LogP contribution in [0.15, 0.2) is 54.2 Å². The van der Waals surface area contributed by atoms with Gasteiger partial charge in [0.2, 0.25) is 5.91 Å². The summed E-state index contributed by atoms with van der Waals surface area (Å²) in [6.07, 6.45) is 1.26. The molecule has 3 rings (SSSR count). The summed E-state index contributed by atoms with van der Waals surface area (Å²) in [5.41, 5.74) is 4.10. The molecule has 0 bridgehead atoms. The summed E-state index contributed by atoms with van der Waals surface area (Å²) in [5, 5.41) is 2.99. The van der Waals surface area contributed by atoms with Crippen molar-refractivity contribution in [2.45, 2.75) is 12.8 Å². The maximum absolute atomic E-state index is 11.6. The summed E-state index contributed by atoms with van der Waals surface area (Å²) in [6, 6.07) is 15.7. The van der Waals surface area contributed by atoms with Gasteiger partial charge in [0.05, 0.1) is 14.2 Å². The highest BCUT2D eigenvalue weighted by molar-refractivity contribution is 5.89. The Kier molecular flexibility index (Phi) is 4.33. The number of methoxy groups -OCH3 is 2. The molecule has 0 unspecified atom stereocenters. The predicted octanol–water partition coefficient (Wildman–Crippen LogP) is 3.37. The highest BCUT2D eigenvalue weighted by Crippen LogP contribution is 2.32. The van der Waals surface area contributed by atoms with E-state index in [2.05, 4.69) is 5.32 Å². The smallest absolute Gasteiger partial charge is 0.224 e. The van der Waals surface area contributed by atoms with E-state index in [-0.39, 0.29) is 5.91 Å². The molecule has 0 spiro atoms. The van der Waals surface area contributed by atoms with Crippen LogP contribution in [0.4, 0.5) is 0 Å². The van der Waals surface area contributed by atoms with Gasteiger partial charge in [0, 0.05) is 17.7 Å². The second-order valence-corrected chi connectivity index (χ2v) is 5.36. The monoisotopic (exact) mass is 309 g/mol. The van der Waals surface area contributed by atoms with Crippen LogP contribution >= 0.6 is 0 Å². The largest absolute Gasteiger partial charge is 0.497 e. The molecule has 4 nitrogen and oxygen atoms in total. The number of carbonyl (C=O) groups is 1. The Hall–Kier alpha value is -2.75. The SMILES string of the molecule is COc1ccc(C(=C2CCC(=O)N2)c2ccc(OC)cc2)cc1. The van der Waals surface area contributed by atoms with Gasteiger partial charge in [-0.15, -0.1) is 0 Å². The van der Waals surface area contributed by atoms with Gasteiger partial charge in [-0.05, 0) is 41.8 Å². The number of allylic oxidation sites excluding steroid dienone is 1. The Morgan fingerprint density at radius 3 is 1.65 bits per heavy atom. The van der Waals surface area contributed by atoms with Crippen molar-refractivity contribution >= 4 is 11.5 Å². The van der Waals surface area contributed by atoms with Crippen LogP contribution in [0.5, 0.6) is 11.5 Å². The maximum Gasteiger partial charge on any atom is 0.224 e. The molecular formula is C19H19NO3. The molecule has 1 saturated heterocycles. The zero-order valence-electron chi connectivity index (χ0n) is 13.3. The first kappa shape index (κ1) is 15.2. The topological polar surface area (TPSA) is 47.6 Å². The molecule has 1 aliphatic heterocycles. The number of nitrogens with one attached hydrogen (secondary N) is 1. The molecular weight excluding hydrogens is 290 g/mol. The summed E-state index contributed by atoms with van der Waals surface area (Å²) in [5.74, 6) is 1.69. The molecule has 2 aromatic carbocycles. The molecule has 23 heavy (non-hydrogen) atoms. The molecule has 118 valence electrons. The van der Waals surface area contributed by atoms with E-state index in [0.29, 0.717) is 6.42 Å². The highest BCUT2D eigenvalue weighted by atomic mass is 16.5. The molecule has 1 fully saturated rings. The summed E-state index contributed by atoms with van der Waals surface area (Å²) in [6.45, 7) is 0. The zero-order valence-corrected chi connectivity index (χ0v) is 13.3. The Morgan fingerprint density at radius 2 is 1.30 bits per heavy atom. The Morgan fingerprint density at radius 1 is 0.826 bits per heavy atom. The van der Waals surface area contributed by atoms with E-state index in [1.54, 1.807) is 14.2 Å². The van der Waals surface area contributed by atoms with Crippen molar-refractivity contribution in [3.8, 4) is 11.5 Å². The summed E-state index contributed by atoms with van der Waals surface area (Å²) < 4.78 is 10.5. The minimum atomic E-state index is 0.0690. The molecule has 0 aromatic heterocycles. The van der Waals surface area contributed by atoms with Crippen LogP contribution in [0.1, 0.15) is 24.0 Å². The molecule has 1 aliphatic rings. The fourth-order valence-corrected chi connectivity index (χ4v) is 2.75. The van der Waals surface area contributed by atoms with Crippen molar-refractivity contribution in [3.63, 3.8) is 0 Å². The molecule has 1 N–H and O–H groups in total. The van der Waals surface area contributed by atoms with Crippen LogP contribution in [0, 0.1) is 0 Å². The van der Waals surface area contributed by atoms with Gasteiger partial charge < -0.3 is 14.8 Å². The van der Waals surface area contributed by atoms with Crippen molar-refractivity contribution in [1.29, 1.82) is 0 Å². The number of hydrogen-bond acceptors (Lipinski definition) is 3. The Labute approximate surface area is 135 Å². The van der Waals surface area contributed by atoms with E-state index in [0.717, 1.165) is 40.3 Å². The van der Waals surface area contributed by atoms with Crippen LogP contribution in [-0.4, -0.2) is 20.1 Å². The van der Waals surface area contributed by atoms with Crippen LogP contribution < -0.4 is 14.8 Å². The predicted molar refractivity (Wildman–Crippen MR) is 89.4 cm³/mol. The van der Waals surface area contributed by atoms with E-state index in [4.69, 9.17) is 9.47 Å². The third-order valence-electron chi connectivity index (χ3n) is 3.95. The van der Waals surface area contributed by atoms with E-state index >= 15 is 0 Å². The number of carbonyl (C=O) groups excluding carboxylic acids is 1. The third-order valence-corrected chi connectivity index (χ3v) is 3.95. The van der Waals surface area contributed by atoms with E-state index < -0.39 is 0 Å². The van der Waals surface area contributed by atoms with Gasteiger partial charge >= 0.3 is 0 Å². The van der Waals surface area contributed by atoms with E-state index in [9.17, 15) is 4.79 Å². The fraction of sp³-hybridized carbons (Fsp3) is 0.211. The average Bonchev–Trinajstić information content (AvgIpc) is 3.02. The lowest BCUT2D eigenvalue weighted by Gasteiger charge is -2.14. The fourth-order valence-electron chi connectivity index (χ4n) is 2.75. The minimum absolute atomic E-state index is 0.0690. The first-order valence-electron chi connectivity index (χ1n) is 7.53.